The summed E-state index contributed by atoms with van der Waals surface area (Å²) < 4.78 is 51.3. The number of rotatable bonds is 7. The largest absolute Gasteiger partial charge is 0.502 e. The summed E-state index contributed by atoms with van der Waals surface area (Å²) in [6.45, 7) is 0. The fraction of sp³-hybridized carbons (Fsp3) is 0.182. The molecule has 2 aromatic carbocycles. The smallest absolute Gasteiger partial charge is 0.306 e. The van der Waals surface area contributed by atoms with Gasteiger partial charge in [-0.2, -0.15) is 0 Å². The fourth-order valence-electron chi connectivity index (χ4n) is 2.92. The number of methoxy groups -OCH3 is 1. The van der Waals surface area contributed by atoms with Gasteiger partial charge >= 0.3 is 5.97 Å². The number of ether oxygens (including phenoxy) is 1. The van der Waals surface area contributed by atoms with Crippen molar-refractivity contribution in [3.8, 4) is 5.75 Å². The normalized spacial score (nSPS) is 11.9. The first-order chi connectivity index (χ1) is 14.8. The van der Waals surface area contributed by atoms with Gasteiger partial charge in [-0.3, -0.25) is 9.59 Å². The molecule has 162 valence electrons. The Morgan fingerprint density at radius 1 is 1.13 bits per heavy atom. The summed E-state index contributed by atoms with van der Waals surface area (Å²) in [6, 6.07) is 11.7. The van der Waals surface area contributed by atoms with E-state index in [0.717, 1.165) is 18.1 Å². The third-order valence-electron chi connectivity index (χ3n) is 4.45. The van der Waals surface area contributed by atoms with Crippen molar-refractivity contribution in [2.24, 2.45) is 0 Å². The van der Waals surface area contributed by atoms with Crippen LogP contribution in [0.1, 0.15) is 29.4 Å². The van der Waals surface area contributed by atoms with E-state index in [2.05, 4.69) is 4.74 Å². The van der Waals surface area contributed by atoms with Crippen LogP contribution in [0, 0.1) is 17.5 Å². The zero-order valence-electron chi connectivity index (χ0n) is 16.2. The zero-order chi connectivity index (χ0) is 22.5. The molecule has 0 aliphatic carbocycles. The average molecular weight is 450 g/mol. The second-order valence-corrected chi connectivity index (χ2v) is 7.57. The molecule has 0 aliphatic heterocycles. The van der Waals surface area contributed by atoms with Gasteiger partial charge in [-0.15, -0.1) is 11.8 Å². The van der Waals surface area contributed by atoms with Gasteiger partial charge in [0.1, 0.15) is 5.76 Å². The SMILES string of the molecule is COC(=O)CC(c1cc(F)c(F)c(F)c1)c1oc(CSc2ccccc2)cc(=O)c1O. The van der Waals surface area contributed by atoms with Crippen LogP contribution >= 0.6 is 11.8 Å². The summed E-state index contributed by atoms with van der Waals surface area (Å²) in [4.78, 5) is 25.1. The van der Waals surface area contributed by atoms with Crippen molar-refractivity contribution < 1.29 is 32.2 Å². The van der Waals surface area contributed by atoms with Gasteiger partial charge < -0.3 is 14.3 Å². The second kappa shape index (κ2) is 9.74. The number of hydrogen-bond acceptors (Lipinski definition) is 6. The lowest BCUT2D eigenvalue weighted by atomic mass is 9.92. The number of carbonyl (C=O) groups is 1. The van der Waals surface area contributed by atoms with E-state index in [-0.39, 0.29) is 22.8 Å². The number of thioether (sulfide) groups is 1. The molecule has 1 aromatic heterocycles. The maximum atomic E-state index is 13.8. The maximum absolute atomic E-state index is 13.8. The van der Waals surface area contributed by atoms with Crippen LogP contribution in [-0.4, -0.2) is 18.2 Å². The Morgan fingerprint density at radius 3 is 2.39 bits per heavy atom. The molecule has 0 fully saturated rings. The van der Waals surface area contributed by atoms with Crippen LogP contribution in [0.15, 0.2) is 62.6 Å². The van der Waals surface area contributed by atoms with Crippen LogP contribution < -0.4 is 5.43 Å². The molecule has 31 heavy (non-hydrogen) atoms. The predicted octanol–water partition coefficient (Wildman–Crippen LogP) is 4.75. The molecule has 1 heterocycles. The first-order valence-electron chi connectivity index (χ1n) is 9.05. The van der Waals surface area contributed by atoms with E-state index in [1.54, 1.807) is 0 Å². The first-order valence-corrected chi connectivity index (χ1v) is 10.0. The van der Waals surface area contributed by atoms with Gasteiger partial charge in [0.05, 0.1) is 25.2 Å². The molecular formula is C22H17F3O5S. The number of carbonyl (C=O) groups excluding carboxylic acids is 1. The van der Waals surface area contributed by atoms with Gasteiger partial charge in [-0.05, 0) is 29.8 Å². The molecule has 0 radical (unpaired) electrons. The summed E-state index contributed by atoms with van der Waals surface area (Å²) in [5, 5.41) is 10.3. The highest BCUT2D eigenvalue weighted by Crippen LogP contribution is 2.35. The molecule has 0 spiro atoms. The Hall–Kier alpha value is -3.20. The fourth-order valence-corrected chi connectivity index (χ4v) is 3.72. The molecule has 0 saturated carbocycles. The highest BCUT2D eigenvalue weighted by Gasteiger charge is 2.28. The first kappa shape index (κ1) is 22.5. The molecule has 9 heteroatoms. The van der Waals surface area contributed by atoms with Gasteiger partial charge in [0.15, 0.2) is 23.2 Å². The third-order valence-corrected chi connectivity index (χ3v) is 5.48. The highest BCUT2D eigenvalue weighted by atomic mass is 32.2. The lowest BCUT2D eigenvalue weighted by Gasteiger charge is -2.18. The van der Waals surface area contributed by atoms with Gasteiger partial charge in [0.25, 0.3) is 0 Å². The topological polar surface area (TPSA) is 76.7 Å². The van der Waals surface area contributed by atoms with E-state index in [1.165, 1.54) is 11.8 Å². The monoisotopic (exact) mass is 450 g/mol. The standard InChI is InChI=1S/C22H17F3O5S/c1-29-19(27)10-15(12-7-16(23)20(25)17(24)8-12)22-21(28)18(26)9-13(30-22)11-31-14-5-3-2-4-6-14/h2-9,15,28H,10-11H2,1H3. The molecule has 1 atom stereocenters. The van der Waals surface area contributed by atoms with Gasteiger partial charge in [0, 0.05) is 11.0 Å². The molecule has 0 aliphatic rings. The Labute approximate surface area is 179 Å². The zero-order valence-corrected chi connectivity index (χ0v) is 17.0. The van der Waals surface area contributed by atoms with Crippen LogP contribution in [0.25, 0.3) is 0 Å². The second-order valence-electron chi connectivity index (χ2n) is 6.52. The maximum Gasteiger partial charge on any atom is 0.306 e. The summed E-state index contributed by atoms with van der Waals surface area (Å²) in [6.07, 6.45) is -0.507. The lowest BCUT2D eigenvalue weighted by Crippen LogP contribution is -2.14. The van der Waals surface area contributed by atoms with Crippen LogP contribution in [0.5, 0.6) is 5.75 Å². The minimum absolute atomic E-state index is 0.171. The van der Waals surface area contributed by atoms with Crippen LogP contribution in [0.4, 0.5) is 13.2 Å². The Morgan fingerprint density at radius 2 is 1.77 bits per heavy atom. The minimum atomic E-state index is -1.68. The summed E-state index contributed by atoms with van der Waals surface area (Å²) in [5.74, 6) is -7.52. The average Bonchev–Trinajstić information content (AvgIpc) is 2.76. The van der Waals surface area contributed by atoms with Crippen molar-refractivity contribution in [1.82, 2.24) is 0 Å². The van der Waals surface area contributed by atoms with Crippen molar-refractivity contribution in [3.63, 3.8) is 0 Å². The molecule has 1 unspecified atom stereocenters. The van der Waals surface area contributed by atoms with E-state index >= 15 is 0 Å². The third kappa shape index (κ3) is 5.29. The van der Waals surface area contributed by atoms with E-state index < -0.39 is 46.9 Å². The van der Waals surface area contributed by atoms with E-state index in [9.17, 15) is 27.9 Å². The van der Waals surface area contributed by atoms with Crippen molar-refractivity contribution in [1.29, 1.82) is 0 Å². The molecule has 1 N–H and O–H groups in total. The molecule has 3 aromatic rings. The molecular weight excluding hydrogens is 433 g/mol. The van der Waals surface area contributed by atoms with E-state index in [1.807, 2.05) is 30.3 Å². The van der Waals surface area contributed by atoms with Gasteiger partial charge in [-0.1, -0.05) is 18.2 Å². The minimum Gasteiger partial charge on any atom is -0.502 e. The Kier molecular flexibility index (Phi) is 7.06. The number of aromatic hydroxyl groups is 1. The van der Waals surface area contributed by atoms with E-state index in [4.69, 9.17) is 4.42 Å². The summed E-state index contributed by atoms with van der Waals surface area (Å²) >= 11 is 1.35. The quantitative estimate of drug-likeness (QED) is 0.318. The van der Waals surface area contributed by atoms with Crippen molar-refractivity contribution >= 4 is 17.7 Å². The number of hydrogen-bond donors (Lipinski definition) is 1. The Bertz CT molecular complexity index is 1120. The van der Waals surface area contributed by atoms with Gasteiger partial charge in [-0.25, -0.2) is 13.2 Å². The highest BCUT2D eigenvalue weighted by molar-refractivity contribution is 7.98. The molecule has 0 saturated heterocycles. The predicted molar refractivity (Wildman–Crippen MR) is 107 cm³/mol. The lowest BCUT2D eigenvalue weighted by molar-refractivity contribution is -0.140. The Balaban J connectivity index is 2.04. The van der Waals surface area contributed by atoms with Gasteiger partial charge in [0.2, 0.25) is 11.2 Å². The molecule has 0 amide bonds. The summed E-state index contributed by atoms with van der Waals surface area (Å²) in [5.41, 5.74) is -0.990. The van der Waals surface area contributed by atoms with Crippen molar-refractivity contribution in [2.75, 3.05) is 7.11 Å². The van der Waals surface area contributed by atoms with Crippen LogP contribution in [0.3, 0.4) is 0 Å². The van der Waals surface area contributed by atoms with Crippen LogP contribution in [-0.2, 0) is 15.3 Å². The molecule has 5 nitrogen and oxygen atoms in total. The van der Waals surface area contributed by atoms with Crippen LogP contribution in [0.2, 0.25) is 0 Å². The number of benzene rings is 2. The van der Waals surface area contributed by atoms with E-state index in [0.29, 0.717) is 12.1 Å². The number of esters is 1. The van der Waals surface area contributed by atoms with Crippen molar-refractivity contribution in [3.05, 3.63) is 93.3 Å². The molecule has 3 rings (SSSR count). The van der Waals surface area contributed by atoms with Crippen molar-refractivity contribution in [2.45, 2.75) is 23.0 Å². The molecule has 0 bridgehead atoms. The summed E-state index contributed by atoms with van der Waals surface area (Å²) in [7, 11) is 1.11. The number of halogens is 3.